The Kier molecular flexibility index (Phi) is 1.86. The van der Waals surface area contributed by atoms with Gasteiger partial charge in [-0.25, -0.2) is 4.98 Å². The topological polar surface area (TPSA) is 139 Å². The lowest BCUT2D eigenvalue weighted by Crippen LogP contribution is -2.65. The van der Waals surface area contributed by atoms with E-state index in [9.17, 15) is 9.59 Å². The highest BCUT2D eigenvalue weighted by Crippen LogP contribution is 2.19. The van der Waals surface area contributed by atoms with E-state index >= 15 is 0 Å². The third-order valence-corrected chi connectivity index (χ3v) is 2.00. The lowest BCUT2D eigenvalue weighted by Gasteiger charge is -2.33. The molecule has 1 aliphatic heterocycles. The number of hydrogen-bond donors (Lipinski definition) is 5. The van der Waals surface area contributed by atoms with Crippen LogP contribution >= 0.6 is 0 Å². The fourth-order valence-electron chi connectivity index (χ4n) is 1.43. The molecule has 2 amide bonds. The second-order valence-electron chi connectivity index (χ2n) is 3.32. The minimum Gasteiger partial charge on any atom is -0.369 e. The molecule has 1 atom stereocenters. The van der Waals surface area contributed by atoms with Crippen LogP contribution in [0.5, 0.6) is 0 Å². The normalized spacial score (nSPS) is 23.9. The van der Waals surface area contributed by atoms with Crippen molar-refractivity contribution in [2.24, 2.45) is 11.5 Å². The average molecular weight is 210 g/mol. The van der Waals surface area contributed by atoms with Gasteiger partial charge in [-0.2, -0.15) is 0 Å². The van der Waals surface area contributed by atoms with Gasteiger partial charge in [0.15, 0.2) is 11.6 Å². The molecular formula is C7H10N6O2. The Balaban J connectivity index is 2.29. The van der Waals surface area contributed by atoms with Crippen molar-refractivity contribution in [2.45, 2.75) is 12.2 Å². The maximum Gasteiger partial charge on any atom is 0.274 e. The van der Waals surface area contributed by atoms with Crippen molar-refractivity contribution in [3.8, 4) is 0 Å². The van der Waals surface area contributed by atoms with E-state index in [-0.39, 0.29) is 12.1 Å². The summed E-state index contributed by atoms with van der Waals surface area (Å²) in [5.74, 6) is -2.11. The molecule has 8 nitrogen and oxygen atoms in total. The summed E-state index contributed by atoms with van der Waals surface area (Å²) in [6.45, 7) is 0. The predicted molar refractivity (Wildman–Crippen MR) is 50.4 cm³/mol. The van der Waals surface area contributed by atoms with Gasteiger partial charge in [0.2, 0.25) is 5.91 Å². The van der Waals surface area contributed by atoms with E-state index in [1.807, 2.05) is 0 Å². The van der Waals surface area contributed by atoms with Crippen LogP contribution in [-0.2, 0) is 4.79 Å². The number of carbonyl (C=O) groups excluding carboxylic acids is 2. The van der Waals surface area contributed by atoms with Crippen LogP contribution in [0.2, 0.25) is 0 Å². The first-order valence-corrected chi connectivity index (χ1v) is 4.21. The maximum atomic E-state index is 11.5. The van der Waals surface area contributed by atoms with Crippen LogP contribution in [0, 0.1) is 0 Å². The van der Waals surface area contributed by atoms with E-state index in [2.05, 4.69) is 20.6 Å². The molecule has 2 heterocycles. The van der Waals surface area contributed by atoms with Gasteiger partial charge in [-0.05, 0) is 0 Å². The van der Waals surface area contributed by atoms with Crippen LogP contribution in [0.4, 0.5) is 5.82 Å². The van der Waals surface area contributed by atoms with Crippen molar-refractivity contribution < 1.29 is 9.59 Å². The van der Waals surface area contributed by atoms with Gasteiger partial charge in [-0.15, -0.1) is 0 Å². The molecule has 0 fully saturated rings. The molecule has 15 heavy (non-hydrogen) atoms. The highest BCUT2D eigenvalue weighted by molar-refractivity contribution is 5.99. The van der Waals surface area contributed by atoms with Gasteiger partial charge in [0.25, 0.3) is 5.91 Å². The number of hydrogen-bond acceptors (Lipinski definition) is 5. The molecule has 2 rings (SSSR count). The van der Waals surface area contributed by atoms with Gasteiger partial charge in [0.05, 0.1) is 12.7 Å². The van der Waals surface area contributed by atoms with E-state index in [1.165, 1.54) is 6.33 Å². The van der Waals surface area contributed by atoms with Gasteiger partial charge in [0.1, 0.15) is 5.69 Å². The second-order valence-corrected chi connectivity index (χ2v) is 3.32. The van der Waals surface area contributed by atoms with Gasteiger partial charge < -0.3 is 21.4 Å². The van der Waals surface area contributed by atoms with Crippen LogP contribution in [0.3, 0.4) is 0 Å². The second kappa shape index (κ2) is 2.95. The zero-order valence-corrected chi connectivity index (χ0v) is 7.70. The van der Waals surface area contributed by atoms with Crippen molar-refractivity contribution in [1.29, 1.82) is 0 Å². The Hall–Kier alpha value is -2.09. The molecule has 0 aromatic carbocycles. The molecule has 7 N–H and O–H groups in total. The maximum absolute atomic E-state index is 11.5. The van der Waals surface area contributed by atoms with Gasteiger partial charge in [-0.3, -0.25) is 15.3 Å². The average Bonchev–Trinajstić information content (AvgIpc) is 2.48. The minimum atomic E-state index is -1.37. The molecule has 0 saturated heterocycles. The molecule has 0 spiro atoms. The van der Waals surface area contributed by atoms with Gasteiger partial charge in [0, 0.05) is 0 Å². The molecule has 80 valence electrons. The molecule has 8 heteroatoms. The zero-order chi connectivity index (χ0) is 11.1. The number of nitrogens with zero attached hydrogens (tertiary/aromatic N) is 1. The van der Waals surface area contributed by atoms with Crippen LogP contribution in [-0.4, -0.2) is 27.6 Å². The SMILES string of the molecule is NC(=O)CC1(N)NC(=O)c2[nH]cnc2N1. The van der Waals surface area contributed by atoms with Crippen molar-refractivity contribution >= 4 is 17.6 Å². The summed E-state index contributed by atoms with van der Waals surface area (Å²) in [7, 11) is 0. The Labute approximate surface area is 84.4 Å². The number of aromatic nitrogens is 2. The molecule has 0 radical (unpaired) electrons. The molecule has 0 saturated carbocycles. The first kappa shape index (κ1) is 9.46. The van der Waals surface area contributed by atoms with E-state index in [4.69, 9.17) is 11.5 Å². The van der Waals surface area contributed by atoms with Gasteiger partial charge >= 0.3 is 0 Å². The fourth-order valence-corrected chi connectivity index (χ4v) is 1.43. The van der Waals surface area contributed by atoms with E-state index in [1.54, 1.807) is 0 Å². The number of amides is 2. The number of primary amides is 1. The Morgan fingerprint density at radius 3 is 2.93 bits per heavy atom. The molecule has 1 aromatic rings. The number of H-pyrrole nitrogens is 1. The monoisotopic (exact) mass is 210 g/mol. The number of imidazole rings is 1. The fraction of sp³-hybridized carbons (Fsp3) is 0.286. The van der Waals surface area contributed by atoms with Crippen LogP contribution in [0.15, 0.2) is 6.33 Å². The third kappa shape index (κ3) is 1.62. The first-order valence-electron chi connectivity index (χ1n) is 4.21. The lowest BCUT2D eigenvalue weighted by atomic mass is 10.1. The largest absolute Gasteiger partial charge is 0.369 e. The molecule has 0 bridgehead atoms. The number of aromatic amines is 1. The van der Waals surface area contributed by atoms with Crippen molar-refractivity contribution in [3.63, 3.8) is 0 Å². The summed E-state index contributed by atoms with van der Waals surface area (Å²) in [6.07, 6.45) is 1.14. The van der Waals surface area contributed by atoms with Crippen LogP contribution < -0.4 is 22.1 Å². The standard InChI is InChI=1S/C7H10N6O2/c8-3(14)1-7(9)12-5-4(6(15)13-7)10-2-11-5/h2,12H,1,9H2,(H2,8,14)(H,10,11)(H,13,15). The highest BCUT2D eigenvalue weighted by atomic mass is 16.2. The van der Waals surface area contributed by atoms with Crippen molar-refractivity contribution in [3.05, 3.63) is 12.0 Å². The zero-order valence-electron chi connectivity index (χ0n) is 7.70. The third-order valence-electron chi connectivity index (χ3n) is 2.00. The number of nitrogens with two attached hydrogens (primary N) is 2. The molecule has 0 aliphatic carbocycles. The molecule has 1 aliphatic rings. The molecule has 1 unspecified atom stereocenters. The molecular weight excluding hydrogens is 200 g/mol. The summed E-state index contributed by atoms with van der Waals surface area (Å²) >= 11 is 0. The quantitative estimate of drug-likeness (QED) is 0.386. The number of fused-ring (bicyclic) bond motifs is 1. The highest BCUT2D eigenvalue weighted by Gasteiger charge is 2.36. The Bertz CT molecular complexity index is 427. The van der Waals surface area contributed by atoms with E-state index in [0.29, 0.717) is 5.82 Å². The summed E-state index contributed by atoms with van der Waals surface area (Å²) < 4.78 is 0. The summed E-state index contributed by atoms with van der Waals surface area (Å²) in [5.41, 5.74) is 11.0. The van der Waals surface area contributed by atoms with Gasteiger partial charge in [-0.1, -0.05) is 0 Å². The first-order chi connectivity index (χ1) is 7.00. The number of carbonyl (C=O) groups is 2. The van der Waals surface area contributed by atoms with Crippen molar-refractivity contribution in [1.82, 2.24) is 15.3 Å². The number of nitrogens with one attached hydrogen (secondary N) is 3. The summed E-state index contributed by atoms with van der Waals surface area (Å²) in [4.78, 5) is 28.7. The predicted octanol–water partition coefficient (Wildman–Crippen LogP) is -1.95. The Morgan fingerprint density at radius 1 is 1.53 bits per heavy atom. The number of rotatable bonds is 2. The Morgan fingerprint density at radius 2 is 2.27 bits per heavy atom. The van der Waals surface area contributed by atoms with Crippen LogP contribution in [0.1, 0.15) is 16.9 Å². The summed E-state index contributed by atoms with van der Waals surface area (Å²) in [5, 5.41) is 5.14. The minimum absolute atomic E-state index is 0.217. The van der Waals surface area contributed by atoms with Crippen molar-refractivity contribution in [2.75, 3.05) is 5.32 Å². The van der Waals surface area contributed by atoms with Crippen LogP contribution in [0.25, 0.3) is 0 Å². The smallest absolute Gasteiger partial charge is 0.274 e. The van der Waals surface area contributed by atoms with E-state index in [0.717, 1.165) is 0 Å². The summed E-state index contributed by atoms with van der Waals surface area (Å²) in [6, 6.07) is 0. The van der Waals surface area contributed by atoms with E-state index < -0.39 is 17.6 Å². The number of anilines is 1. The lowest BCUT2D eigenvalue weighted by molar-refractivity contribution is -0.119. The molecule has 1 aromatic heterocycles.